The van der Waals surface area contributed by atoms with Crippen molar-refractivity contribution in [3.63, 3.8) is 0 Å². The predicted octanol–water partition coefficient (Wildman–Crippen LogP) is 1.12. The zero-order valence-electron chi connectivity index (χ0n) is 13.1. The molecule has 3 atom stereocenters. The lowest BCUT2D eigenvalue weighted by molar-refractivity contribution is -0.0831. The molecule has 2 aliphatic heterocycles. The number of furan rings is 1. The number of rotatable bonds is 4. The summed E-state index contributed by atoms with van der Waals surface area (Å²) in [6.45, 7) is 4.93. The van der Waals surface area contributed by atoms with E-state index in [-0.39, 0.29) is 12.1 Å². The van der Waals surface area contributed by atoms with E-state index < -0.39 is 10.0 Å². The summed E-state index contributed by atoms with van der Waals surface area (Å²) < 4.78 is 37.5. The molecule has 2 fully saturated rings. The van der Waals surface area contributed by atoms with Gasteiger partial charge in [0, 0.05) is 19.7 Å². The number of nitrogens with zero attached hydrogens (tertiary/aromatic N) is 1. The normalized spacial score (nSPS) is 30.2. The quantitative estimate of drug-likeness (QED) is 0.897. The number of ether oxygens (including phenoxy) is 1. The minimum atomic E-state index is -3.25. The van der Waals surface area contributed by atoms with Crippen LogP contribution in [0.5, 0.6) is 0 Å². The molecule has 0 bridgehead atoms. The largest absolute Gasteiger partial charge is 0.465 e. The van der Waals surface area contributed by atoms with Gasteiger partial charge in [-0.3, -0.25) is 4.90 Å². The monoisotopic (exact) mass is 328 g/mol. The summed E-state index contributed by atoms with van der Waals surface area (Å²) in [5.41, 5.74) is 0. The molecule has 0 amide bonds. The molecule has 0 saturated carbocycles. The first-order chi connectivity index (χ1) is 10.4. The third kappa shape index (κ3) is 3.90. The van der Waals surface area contributed by atoms with Gasteiger partial charge in [-0.05, 0) is 37.8 Å². The maximum atomic E-state index is 11.6. The summed E-state index contributed by atoms with van der Waals surface area (Å²) in [5.74, 6) is 2.19. The van der Waals surface area contributed by atoms with Crippen molar-refractivity contribution in [2.75, 3.05) is 26.0 Å². The van der Waals surface area contributed by atoms with Gasteiger partial charge in [-0.1, -0.05) is 0 Å². The average molecular weight is 328 g/mol. The molecule has 0 unspecified atom stereocenters. The second kappa shape index (κ2) is 6.31. The highest BCUT2D eigenvalue weighted by Gasteiger charge is 2.40. The van der Waals surface area contributed by atoms with Gasteiger partial charge in [-0.2, -0.15) is 0 Å². The van der Waals surface area contributed by atoms with Crippen LogP contribution in [0.4, 0.5) is 0 Å². The first-order valence-corrected chi connectivity index (χ1v) is 9.66. The van der Waals surface area contributed by atoms with Crippen LogP contribution < -0.4 is 4.72 Å². The Labute approximate surface area is 131 Å². The van der Waals surface area contributed by atoms with Gasteiger partial charge in [-0.15, -0.1) is 0 Å². The molecule has 0 radical (unpaired) electrons. The second-order valence-corrected chi connectivity index (χ2v) is 8.22. The Balaban J connectivity index is 1.72. The van der Waals surface area contributed by atoms with Gasteiger partial charge in [-0.25, -0.2) is 13.1 Å². The van der Waals surface area contributed by atoms with E-state index in [1.165, 1.54) is 6.26 Å². The van der Waals surface area contributed by atoms with Crippen LogP contribution in [-0.4, -0.2) is 51.4 Å². The zero-order valence-corrected chi connectivity index (χ0v) is 13.9. The molecule has 1 N–H and O–H groups in total. The minimum absolute atomic E-state index is 0.0157. The van der Waals surface area contributed by atoms with Crippen LogP contribution in [0.15, 0.2) is 16.5 Å². The van der Waals surface area contributed by atoms with Crippen LogP contribution in [0.3, 0.4) is 0 Å². The molecule has 6 nitrogen and oxygen atoms in total. The lowest BCUT2D eigenvalue weighted by Gasteiger charge is -2.45. The Hall–Kier alpha value is -0.890. The number of hydrogen-bond donors (Lipinski definition) is 1. The van der Waals surface area contributed by atoms with E-state index >= 15 is 0 Å². The van der Waals surface area contributed by atoms with Gasteiger partial charge < -0.3 is 9.15 Å². The molecule has 3 rings (SSSR count). The van der Waals surface area contributed by atoms with E-state index in [0.717, 1.165) is 37.5 Å². The fourth-order valence-corrected chi connectivity index (χ4v) is 4.35. The van der Waals surface area contributed by atoms with E-state index in [1.54, 1.807) is 0 Å². The van der Waals surface area contributed by atoms with Gasteiger partial charge in [0.15, 0.2) is 0 Å². The van der Waals surface area contributed by atoms with E-state index in [1.807, 2.05) is 19.1 Å². The summed E-state index contributed by atoms with van der Waals surface area (Å²) in [7, 11) is -3.25. The number of piperidine rings is 1. The van der Waals surface area contributed by atoms with Crippen molar-refractivity contribution >= 4 is 10.0 Å². The van der Waals surface area contributed by atoms with Gasteiger partial charge in [0.05, 0.1) is 24.9 Å². The summed E-state index contributed by atoms with van der Waals surface area (Å²) >= 11 is 0. The smallest absolute Gasteiger partial charge is 0.209 e. The Bertz CT molecular complexity index is 613. The molecule has 2 saturated heterocycles. The van der Waals surface area contributed by atoms with E-state index in [2.05, 4.69) is 9.62 Å². The number of nitrogens with one attached hydrogen (secondary N) is 1. The molecule has 0 aromatic carbocycles. The number of likely N-dealkylation sites (tertiary alicyclic amines) is 1. The Kier molecular flexibility index (Phi) is 4.59. The second-order valence-electron chi connectivity index (χ2n) is 6.44. The zero-order chi connectivity index (χ0) is 15.7. The molecular weight excluding hydrogens is 304 g/mol. The van der Waals surface area contributed by atoms with Gasteiger partial charge in [0.25, 0.3) is 0 Å². The van der Waals surface area contributed by atoms with Crippen molar-refractivity contribution in [1.82, 2.24) is 9.62 Å². The van der Waals surface area contributed by atoms with E-state index in [9.17, 15) is 8.42 Å². The predicted molar refractivity (Wildman–Crippen MR) is 83.0 cm³/mol. The van der Waals surface area contributed by atoms with Crippen molar-refractivity contribution in [2.45, 2.75) is 38.5 Å². The third-order valence-corrected chi connectivity index (χ3v) is 5.11. The molecule has 1 aromatic rings. The molecule has 22 heavy (non-hydrogen) atoms. The first-order valence-electron chi connectivity index (χ1n) is 7.77. The van der Waals surface area contributed by atoms with Crippen LogP contribution in [-0.2, 0) is 21.3 Å². The van der Waals surface area contributed by atoms with Crippen LogP contribution in [0.1, 0.15) is 24.4 Å². The highest BCUT2D eigenvalue weighted by molar-refractivity contribution is 7.88. The Morgan fingerprint density at radius 1 is 1.36 bits per heavy atom. The molecular formula is C15H24N2O4S. The number of sulfonamides is 1. The van der Waals surface area contributed by atoms with Crippen molar-refractivity contribution in [3.05, 3.63) is 23.7 Å². The maximum absolute atomic E-state index is 11.6. The van der Waals surface area contributed by atoms with Crippen molar-refractivity contribution in [1.29, 1.82) is 0 Å². The van der Waals surface area contributed by atoms with Crippen LogP contribution in [0.2, 0.25) is 0 Å². The molecule has 0 spiro atoms. The van der Waals surface area contributed by atoms with Crippen LogP contribution in [0, 0.1) is 12.8 Å². The minimum Gasteiger partial charge on any atom is -0.465 e. The van der Waals surface area contributed by atoms with Gasteiger partial charge in [0.2, 0.25) is 10.0 Å². The lowest BCUT2D eigenvalue weighted by atomic mass is 9.86. The molecule has 124 valence electrons. The lowest BCUT2D eigenvalue weighted by Crippen LogP contribution is -2.60. The SMILES string of the molecule is Cc1ccc(CN2C[C@@H]3CCCO[C@@H]3[C@H](NS(C)(=O)=O)C2)o1. The fourth-order valence-electron chi connectivity index (χ4n) is 3.59. The van der Waals surface area contributed by atoms with Crippen molar-refractivity contribution in [2.24, 2.45) is 5.92 Å². The van der Waals surface area contributed by atoms with Gasteiger partial charge >= 0.3 is 0 Å². The Morgan fingerprint density at radius 3 is 2.86 bits per heavy atom. The number of aryl methyl sites for hydroxylation is 1. The summed E-state index contributed by atoms with van der Waals surface area (Å²) in [6.07, 6.45) is 3.32. The molecule has 0 aliphatic carbocycles. The van der Waals surface area contributed by atoms with E-state index in [0.29, 0.717) is 19.0 Å². The fraction of sp³-hybridized carbons (Fsp3) is 0.733. The maximum Gasteiger partial charge on any atom is 0.209 e. The highest BCUT2D eigenvalue weighted by Crippen LogP contribution is 2.29. The molecule has 3 heterocycles. The standard InChI is InChI=1S/C15H24N2O4S/c1-11-5-6-13(21-11)9-17-8-12-4-3-7-20-15(12)14(10-17)16-22(2,18)19/h5-6,12,14-16H,3-4,7-10H2,1-2H3/t12-,14+,15-/m0/s1. The van der Waals surface area contributed by atoms with Crippen LogP contribution in [0.25, 0.3) is 0 Å². The van der Waals surface area contributed by atoms with Crippen LogP contribution >= 0.6 is 0 Å². The summed E-state index contributed by atoms with van der Waals surface area (Å²) in [4.78, 5) is 2.26. The molecule has 2 aliphatic rings. The molecule has 7 heteroatoms. The molecule has 1 aromatic heterocycles. The number of fused-ring (bicyclic) bond motifs is 1. The van der Waals surface area contributed by atoms with E-state index in [4.69, 9.17) is 9.15 Å². The van der Waals surface area contributed by atoms with Gasteiger partial charge in [0.1, 0.15) is 11.5 Å². The summed E-state index contributed by atoms with van der Waals surface area (Å²) in [5, 5.41) is 0. The highest BCUT2D eigenvalue weighted by atomic mass is 32.2. The average Bonchev–Trinajstić information content (AvgIpc) is 2.82. The Morgan fingerprint density at radius 2 is 2.18 bits per heavy atom. The number of hydrogen-bond acceptors (Lipinski definition) is 5. The third-order valence-electron chi connectivity index (χ3n) is 4.38. The first kappa shape index (κ1) is 16.0. The van der Waals surface area contributed by atoms with Crippen molar-refractivity contribution in [3.8, 4) is 0 Å². The topological polar surface area (TPSA) is 71.8 Å². The van der Waals surface area contributed by atoms with Crippen molar-refractivity contribution < 1.29 is 17.6 Å². The summed E-state index contributed by atoms with van der Waals surface area (Å²) in [6, 6.07) is 3.75.